The third-order valence-corrected chi connectivity index (χ3v) is 6.44. The molecule has 2 aliphatic heterocycles. The zero-order valence-electron chi connectivity index (χ0n) is 14.9. The zero-order valence-corrected chi connectivity index (χ0v) is 15.8. The highest BCUT2D eigenvalue weighted by atomic mass is 32.2. The number of anilines is 1. The lowest BCUT2D eigenvalue weighted by molar-refractivity contribution is 0.594. The van der Waals surface area contributed by atoms with Gasteiger partial charge in [0.2, 0.25) is 0 Å². The fourth-order valence-corrected chi connectivity index (χ4v) is 5.09. The Bertz CT molecular complexity index is 1010. The first-order valence-corrected chi connectivity index (χ1v) is 10.8. The van der Waals surface area contributed by atoms with Crippen molar-refractivity contribution < 1.29 is 12.8 Å². The third-order valence-electron chi connectivity index (χ3n) is 4.90. The topological polar surface area (TPSA) is 49.7 Å². The van der Waals surface area contributed by atoms with Crippen LogP contribution < -0.4 is 4.90 Å². The number of hydrogen-bond donors (Lipinski definition) is 0. The molecule has 0 bridgehead atoms. The Morgan fingerprint density at radius 1 is 1.04 bits per heavy atom. The highest BCUT2D eigenvalue weighted by Gasteiger charge is 2.22. The van der Waals surface area contributed by atoms with Crippen molar-refractivity contribution in [2.24, 2.45) is 4.99 Å². The van der Waals surface area contributed by atoms with E-state index >= 15 is 0 Å². The fourth-order valence-electron chi connectivity index (χ4n) is 3.60. The molecule has 140 valence electrons. The average molecular weight is 384 g/mol. The van der Waals surface area contributed by atoms with E-state index in [0.717, 1.165) is 42.9 Å². The molecule has 0 aromatic heterocycles. The van der Waals surface area contributed by atoms with Gasteiger partial charge >= 0.3 is 0 Å². The standard InChI is InChI=1S/C21H21FN2O2S/c22-19-7-4-16(5-8-19)14-27(25,26)15-17-3-6-18-9-11-24(21(18)12-17)13-20-2-1-10-23-20/h2-8,10,12H,1,9,11,13-15H2. The minimum Gasteiger partial charge on any atom is -0.365 e. The van der Waals surface area contributed by atoms with Gasteiger partial charge in [-0.3, -0.25) is 4.99 Å². The maximum atomic E-state index is 13.0. The number of rotatable bonds is 6. The van der Waals surface area contributed by atoms with Crippen molar-refractivity contribution in [3.05, 3.63) is 76.7 Å². The van der Waals surface area contributed by atoms with Crippen molar-refractivity contribution >= 4 is 21.7 Å². The SMILES string of the molecule is O=S(=O)(Cc1ccc(F)cc1)Cc1ccc2c(c1)N(CC1=CCC=N1)CC2. The van der Waals surface area contributed by atoms with Gasteiger partial charge in [-0.15, -0.1) is 0 Å². The van der Waals surface area contributed by atoms with E-state index in [9.17, 15) is 12.8 Å². The number of hydrogen-bond acceptors (Lipinski definition) is 4. The first kappa shape index (κ1) is 17.9. The van der Waals surface area contributed by atoms with Crippen LogP contribution in [0.15, 0.2) is 59.2 Å². The molecule has 4 nitrogen and oxygen atoms in total. The second-order valence-corrected chi connectivity index (χ2v) is 9.10. The minimum atomic E-state index is -3.33. The Labute approximate surface area is 159 Å². The van der Waals surface area contributed by atoms with Crippen molar-refractivity contribution in [1.29, 1.82) is 0 Å². The molecule has 0 aliphatic carbocycles. The molecule has 0 amide bonds. The van der Waals surface area contributed by atoms with Gasteiger partial charge in [-0.1, -0.05) is 30.3 Å². The first-order chi connectivity index (χ1) is 13.0. The number of fused-ring (bicyclic) bond motifs is 1. The van der Waals surface area contributed by atoms with Crippen LogP contribution in [0.5, 0.6) is 0 Å². The zero-order chi connectivity index (χ0) is 18.9. The van der Waals surface area contributed by atoms with E-state index in [1.807, 2.05) is 24.4 Å². The second-order valence-electron chi connectivity index (χ2n) is 7.04. The van der Waals surface area contributed by atoms with Crippen molar-refractivity contribution in [3.8, 4) is 0 Å². The highest BCUT2D eigenvalue weighted by molar-refractivity contribution is 7.89. The normalized spacial score (nSPS) is 15.9. The first-order valence-electron chi connectivity index (χ1n) is 9.02. The molecule has 0 spiro atoms. The summed E-state index contributed by atoms with van der Waals surface area (Å²) >= 11 is 0. The van der Waals surface area contributed by atoms with Crippen molar-refractivity contribution in [1.82, 2.24) is 0 Å². The predicted molar refractivity (Wildman–Crippen MR) is 106 cm³/mol. The highest BCUT2D eigenvalue weighted by Crippen LogP contribution is 2.31. The van der Waals surface area contributed by atoms with Gasteiger partial charge < -0.3 is 4.90 Å². The largest absolute Gasteiger partial charge is 0.365 e. The van der Waals surface area contributed by atoms with Crippen LogP contribution in [0.3, 0.4) is 0 Å². The fraction of sp³-hybridized carbons (Fsp3) is 0.286. The van der Waals surface area contributed by atoms with Gasteiger partial charge in [-0.2, -0.15) is 0 Å². The van der Waals surface area contributed by atoms with E-state index in [-0.39, 0.29) is 17.3 Å². The molecular formula is C21H21FN2O2S. The number of sulfone groups is 1. The summed E-state index contributed by atoms with van der Waals surface area (Å²) in [5.41, 5.74) is 4.80. The number of halogens is 1. The molecule has 2 heterocycles. The second kappa shape index (κ2) is 7.27. The molecular weight excluding hydrogens is 363 g/mol. The van der Waals surface area contributed by atoms with Crippen LogP contribution in [-0.2, 0) is 27.8 Å². The van der Waals surface area contributed by atoms with Gasteiger partial charge in [0.05, 0.1) is 23.7 Å². The molecule has 6 heteroatoms. The van der Waals surface area contributed by atoms with Gasteiger partial charge in [0.1, 0.15) is 5.82 Å². The van der Waals surface area contributed by atoms with E-state index in [0.29, 0.717) is 5.56 Å². The maximum absolute atomic E-state index is 13.0. The van der Waals surface area contributed by atoms with Crippen LogP contribution in [0.1, 0.15) is 23.1 Å². The molecule has 0 radical (unpaired) electrons. The van der Waals surface area contributed by atoms with Crippen LogP contribution in [0.25, 0.3) is 0 Å². The predicted octanol–water partition coefficient (Wildman–Crippen LogP) is 3.66. The van der Waals surface area contributed by atoms with Crippen molar-refractivity contribution in [3.63, 3.8) is 0 Å². The van der Waals surface area contributed by atoms with Crippen molar-refractivity contribution in [2.75, 3.05) is 18.0 Å². The quantitative estimate of drug-likeness (QED) is 0.764. The molecule has 0 N–H and O–H groups in total. The minimum absolute atomic E-state index is 0.0215. The van der Waals surface area contributed by atoms with Crippen LogP contribution in [0.2, 0.25) is 0 Å². The van der Waals surface area contributed by atoms with Gasteiger partial charge in [0.15, 0.2) is 9.84 Å². The molecule has 27 heavy (non-hydrogen) atoms. The maximum Gasteiger partial charge on any atom is 0.158 e. The molecule has 2 aromatic rings. The van der Waals surface area contributed by atoms with Gasteiger partial charge in [0.25, 0.3) is 0 Å². The smallest absolute Gasteiger partial charge is 0.158 e. The van der Waals surface area contributed by atoms with Crippen LogP contribution in [0.4, 0.5) is 10.1 Å². The van der Waals surface area contributed by atoms with Gasteiger partial charge in [-0.25, -0.2) is 12.8 Å². The summed E-state index contributed by atoms with van der Waals surface area (Å²) in [7, 11) is -3.33. The van der Waals surface area contributed by atoms with Crippen LogP contribution in [0, 0.1) is 5.82 Å². The summed E-state index contributed by atoms with van der Waals surface area (Å²) in [5.74, 6) is -0.473. The Morgan fingerprint density at radius 2 is 1.78 bits per heavy atom. The Morgan fingerprint density at radius 3 is 2.52 bits per heavy atom. The molecule has 2 aromatic carbocycles. The average Bonchev–Trinajstić information content (AvgIpc) is 3.27. The number of allylic oxidation sites excluding steroid dienone is 1. The third kappa shape index (κ3) is 4.27. The molecule has 0 unspecified atom stereocenters. The lowest BCUT2D eigenvalue weighted by atomic mass is 10.1. The van der Waals surface area contributed by atoms with Gasteiger partial charge in [0, 0.05) is 24.9 Å². The monoisotopic (exact) mass is 384 g/mol. The summed E-state index contributed by atoms with van der Waals surface area (Å²) < 4.78 is 38.2. The molecule has 0 saturated carbocycles. The molecule has 0 atom stereocenters. The summed E-state index contributed by atoms with van der Waals surface area (Å²) in [6.45, 7) is 1.68. The lowest BCUT2D eigenvalue weighted by Gasteiger charge is -2.19. The Kier molecular flexibility index (Phi) is 4.83. The van der Waals surface area contributed by atoms with E-state index in [1.165, 1.54) is 29.8 Å². The van der Waals surface area contributed by atoms with E-state index in [1.54, 1.807) is 0 Å². The molecule has 0 fully saturated rings. The van der Waals surface area contributed by atoms with Gasteiger partial charge in [-0.05, 0) is 41.3 Å². The van der Waals surface area contributed by atoms with E-state index < -0.39 is 9.84 Å². The Hall–Kier alpha value is -2.47. The molecule has 2 aliphatic rings. The number of benzene rings is 2. The van der Waals surface area contributed by atoms with E-state index in [2.05, 4.69) is 16.0 Å². The van der Waals surface area contributed by atoms with Crippen LogP contribution >= 0.6 is 0 Å². The Balaban J connectivity index is 1.49. The summed E-state index contributed by atoms with van der Waals surface area (Å²) in [5, 5.41) is 0. The molecule has 0 saturated heterocycles. The van der Waals surface area contributed by atoms with E-state index in [4.69, 9.17) is 0 Å². The molecule has 4 rings (SSSR count). The number of aliphatic imine (C=N–C) groups is 1. The summed E-state index contributed by atoms with van der Waals surface area (Å²) in [4.78, 5) is 6.64. The lowest BCUT2D eigenvalue weighted by Crippen LogP contribution is -2.22. The van der Waals surface area contributed by atoms with Crippen LogP contribution in [-0.4, -0.2) is 27.7 Å². The summed E-state index contributed by atoms with van der Waals surface area (Å²) in [6, 6.07) is 11.5. The number of nitrogens with zero attached hydrogens (tertiary/aromatic N) is 2. The van der Waals surface area contributed by atoms with Crippen molar-refractivity contribution in [2.45, 2.75) is 24.3 Å². The summed E-state index contributed by atoms with van der Waals surface area (Å²) in [6.07, 6.45) is 5.88.